The molecule has 1 amide bonds. The quantitative estimate of drug-likeness (QED) is 0.849. The van der Waals surface area contributed by atoms with Gasteiger partial charge in [0.05, 0.1) is 6.10 Å². The molecule has 4 rings (SSSR count). The molecule has 23 heavy (non-hydrogen) atoms. The number of rotatable bonds is 2. The van der Waals surface area contributed by atoms with Gasteiger partial charge in [0.2, 0.25) is 5.91 Å². The fourth-order valence-corrected chi connectivity index (χ4v) is 4.08. The van der Waals surface area contributed by atoms with Gasteiger partial charge in [0, 0.05) is 19.0 Å². The number of H-pyrrole nitrogens is 1. The molecule has 4 atom stereocenters. The maximum Gasteiger partial charge on any atom is 0.226 e. The van der Waals surface area contributed by atoms with Crippen molar-refractivity contribution in [1.29, 1.82) is 0 Å². The van der Waals surface area contributed by atoms with Crippen LogP contribution in [-0.4, -0.2) is 45.2 Å². The molecule has 0 bridgehead atoms. The van der Waals surface area contributed by atoms with Crippen molar-refractivity contribution in [2.45, 2.75) is 51.2 Å². The lowest BCUT2D eigenvalue weighted by atomic mass is 9.89. The average Bonchev–Trinajstić information content (AvgIpc) is 3.20. The summed E-state index contributed by atoms with van der Waals surface area (Å²) in [6.07, 6.45) is 9.34. The average molecular weight is 316 g/mol. The van der Waals surface area contributed by atoms with Crippen LogP contribution < -0.4 is 0 Å². The minimum atomic E-state index is -0.0254. The first kappa shape index (κ1) is 14.9. The fourth-order valence-electron chi connectivity index (χ4n) is 4.08. The molecule has 6 nitrogen and oxygen atoms in total. The third kappa shape index (κ3) is 2.92. The number of nitrogens with one attached hydrogen (secondary N) is 1. The Labute approximate surface area is 136 Å². The molecule has 2 aliphatic heterocycles. The lowest BCUT2D eigenvalue weighted by Crippen LogP contribution is -2.47. The molecule has 1 aromatic rings. The number of carbonyl (C=O) groups is 1. The normalized spacial score (nSPS) is 33.7. The second-order valence-corrected chi connectivity index (χ2v) is 6.99. The van der Waals surface area contributed by atoms with E-state index in [1.807, 2.05) is 11.8 Å². The minimum absolute atomic E-state index is 0.0254. The summed E-state index contributed by atoms with van der Waals surface area (Å²) in [5.74, 6) is 2.58. The number of likely N-dealkylation sites (tertiary alicyclic amines) is 1. The van der Waals surface area contributed by atoms with Crippen molar-refractivity contribution in [3.05, 3.63) is 23.8 Å². The van der Waals surface area contributed by atoms with Gasteiger partial charge in [-0.2, -0.15) is 5.10 Å². The Kier molecular flexibility index (Phi) is 3.93. The monoisotopic (exact) mass is 316 g/mol. The van der Waals surface area contributed by atoms with E-state index in [-0.39, 0.29) is 18.1 Å². The number of piperidine rings is 1. The van der Waals surface area contributed by atoms with Crippen LogP contribution in [0, 0.1) is 18.8 Å². The molecule has 1 aliphatic carbocycles. The molecule has 2 saturated heterocycles. The van der Waals surface area contributed by atoms with Crippen LogP contribution in [0.15, 0.2) is 12.2 Å². The maximum absolute atomic E-state index is 12.7. The van der Waals surface area contributed by atoms with Crippen LogP contribution in [0.25, 0.3) is 0 Å². The van der Waals surface area contributed by atoms with Gasteiger partial charge in [-0.3, -0.25) is 9.89 Å². The highest BCUT2D eigenvalue weighted by Gasteiger charge is 2.42. The fraction of sp³-hybridized carbons (Fsp3) is 0.706. The standard InChI is InChI=1S/C17H24N4O2/c1-11-18-16(20-19-11)14-9-13-7-8-21(10-15(13)23-14)17(22)12-5-3-2-4-6-12/h2-3,12-15H,4-10H2,1H3,(H,18,19,20)/t12?,13-,14+,15+/m1/s1. The second-order valence-electron chi connectivity index (χ2n) is 6.99. The van der Waals surface area contributed by atoms with Gasteiger partial charge in [-0.05, 0) is 44.9 Å². The van der Waals surface area contributed by atoms with Crippen molar-refractivity contribution in [3.8, 4) is 0 Å². The number of carbonyl (C=O) groups excluding carboxylic acids is 1. The summed E-state index contributed by atoms with van der Waals surface area (Å²) < 4.78 is 6.18. The number of fused-ring (bicyclic) bond motifs is 1. The van der Waals surface area contributed by atoms with Crippen LogP contribution in [0.3, 0.4) is 0 Å². The molecule has 1 N–H and O–H groups in total. The summed E-state index contributed by atoms with van der Waals surface area (Å²) in [4.78, 5) is 19.1. The van der Waals surface area contributed by atoms with Gasteiger partial charge in [-0.1, -0.05) is 12.2 Å². The van der Waals surface area contributed by atoms with Gasteiger partial charge >= 0.3 is 0 Å². The number of hydrogen-bond acceptors (Lipinski definition) is 4. The molecule has 2 fully saturated rings. The number of nitrogens with zero attached hydrogens (tertiary/aromatic N) is 3. The lowest BCUT2D eigenvalue weighted by molar-refractivity contribution is -0.140. The zero-order valence-electron chi connectivity index (χ0n) is 13.6. The summed E-state index contributed by atoms with van der Waals surface area (Å²) in [6.45, 7) is 3.49. The summed E-state index contributed by atoms with van der Waals surface area (Å²) in [6, 6.07) is 0. The molecule has 6 heteroatoms. The first-order valence-corrected chi connectivity index (χ1v) is 8.69. The summed E-state index contributed by atoms with van der Waals surface area (Å²) >= 11 is 0. The molecule has 0 saturated carbocycles. The zero-order chi connectivity index (χ0) is 15.8. The number of aromatic nitrogens is 3. The predicted molar refractivity (Wildman–Crippen MR) is 84.5 cm³/mol. The molecule has 3 heterocycles. The number of amides is 1. The van der Waals surface area contributed by atoms with E-state index in [1.165, 1.54) is 0 Å². The van der Waals surface area contributed by atoms with Crippen LogP contribution in [0.1, 0.15) is 49.9 Å². The highest BCUT2D eigenvalue weighted by Crippen LogP contribution is 2.40. The van der Waals surface area contributed by atoms with E-state index >= 15 is 0 Å². The van der Waals surface area contributed by atoms with Crippen LogP contribution in [0.5, 0.6) is 0 Å². The van der Waals surface area contributed by atoms with Gasteiger partial charge in [0.15, 0.2) is 5.82 Å². The van der Waals surface area contributed by atoms with Crippen LogP contribution in [-0.2, 0) is 9.53 Å². The van der Waals surface area contributed by atoms with Gasteiger partial charge in [0.25, 0.3) is 0 Å². The minimum Gasteiger partial charge on any atom is -0.365 e. The largest absolute Gasteiger partial charge is 0.365 e. The van der Waals surface area contributed by atoms with Gasteiger partial charge in [-0.15, -0.1) is 0 Å². The first-order valence-electron chi connectivity index (χ1n) is 8.69. The summed E-state index contributed by atoms with van der Waals surface area (Å²) in [5, 5.41) is 7.12. The van der Waals surface area contributed by atoms with Crippen molar-refractivity contribution in [1.82, 2.24) is 20.1 Å². The Bertz CT molecular complexity index is 611. The molecule has 0 radical (unpaired) electrons. The number of aryl methyl sites for hydroxylation is 1. The number of aromatic amines is 1. The SMILES string of the molecule is Cc1nc([C@@H]2C[C@H]3CCN(C(=O)C4CC=CCC4)C[C@@H]3O2)n[nH]1. The van der Waals surface area contributed by atoms with Crippen molar-refractivity contribution in [2.75, 3.05) is 13.1 Å². The van der Waals surface area contributed by atoms with Gasteiger partial charge in [0.1, 0.15) is 11.9 Å². The van der Waals surface area contributed by atoms with E-state index in [2.05, 4.69) is 27.3 Å². The van der Waals surface area contributed by atoms with E-state index in [1.54, 1.807) is 0 Å². The Morgan fingerprint density at radius 3 is 3.04 bits per heavy atom. The lowest BCUT2D eigenvalue weighted by Gasteiger charge is -2.36. The van der Waals surface area contributed by atoms with Crippen molar-refractivity contribution in [2.24, 2.45) is 11.8 Å². The molecule has 3 aliphatic rings. The predicted octanol–water partition coefficient (Wildman–Crippen LogP) is 2.15. The molecule has 124 valence electrons. The Morgan fingerprint density at radius 2 is 2.30 bits per heavy atom. The number of hydrogen-bond donors (Lipinski definition) is 1. The third-order valence-corrected chi connectivity index (χ3v) is 5.38. The van der Waals surface area contributed by atoms with E-state index < -0.39 is 0 Å². The van der Waals surface area contributed by atoms with Crippen LogP contribution in [0.2, 0.25) is 0 Å². The maximum atomic E-state index is 12.7. The van der Waals surface area contributed by atoms with Crippen LogP contribution in [0.4, 0.5) is 0 Å². The van der Waals surface area contributed by atoms with E-state index in [0.29, 0.717) is 11.8 Å². The third-order valence-electron chi connectivity index (χ3n) is 5.38. The van der Waals surface area contributed by atoms with Gasteiger partial charge < -0.3 is 9.64 Å². The van der Waals surface area contributed by atoms with Crippen molar-refractivity contribution < 1.29 is 9.53 Å². The van der Waals surface area contributed by atoms with Crippen molar-refractivity contribution >= 4 is 5.91 Å². The Morgan fingerprint density at radius 1 is 1.39 bits per heavy atom. The van der Waals surface area contributed by atoms with E-state index in [4.69, 9.17) is 4.74 Å². The first-order chi connectivity index (χ1) is 11.2. The topological polar surface area (TPSA) is 71.1 Å². The molecular formula is C17H24N4O2. The Hall–Kier alpha value is -1.69. The second kappa shape index (κ2) is 6.07. The van der Waals surface area contributed by atoms with E-state index in [0.717, 1.165) is 56.8 Å². The molecule has 1 aromatic heterocycles. The zero-order valence-corrected chi connectivity index (χ0v) is 13.6. The number of allylic oxidation sites excluding steroid dienone is 2. The number of ether oxygens (including phenoxy) is 1. The van der Waals surface area contributed by atoms with Gasteiger partial charge in [-0.25, -0.2) is 4.98 Å². The molecule has 1 unspecified atom stereocenters. The van der Waals surface area contributed by atoms with Crippen LogP contribution >= 0.6 is 0 Å². The smallest absolute Gasteiger partial charge is 0.226 e. The Balaban J connectivity index is 1.39. The highest BCUT2D eigenvalue weighted by atomic mass is 16.5. The van der Waals surface area contributed by atoms with Crippen molar-refractivity contribution in [3.63, 3.8) is 0 Å². The molecule has 0 aromatic carbocycles. The summed E-state index contributed by atoms with van der Waals surface area (Å²) in [7, 11) is 0. The van der Waals surface area contributed by atoms with E-state index in [9.17, 15) is 4.79 Å². The highest BCUT2D eigenvalue weighted by molar-refractivity contribution is 5.79. The molecular weight excluding hydrogens is 292 g/mol. The summed E-state index contributed by atoms with van der Waals surface area (Å²) in [5.41, 5.74) is 0. The molecule has 0 spiro atoms.